The minimum Gasteiger partial charge on any atom is -0.493 e. The standard InChI is InChI=1S/C15H19N3O/c1-2-8-18-14(5-7-17-18)11-16-13-3-4-15-12(10-13)6-9-19-15/h3-5,7,10,16H,2,6,8-9,11H2,1H3. The zero-order valence-electron chi connectivity index (χ0n) is 11.2. The highest BCUT2D eigenvalue weighted by atomic mass is 16.5. The molecular weight excluding hydrogens is 238 g/mol. The minimum absolute atomic E-state index is 0.805. The van der Waals surface area contributed by atoms with Crippen LogP contribution in [0.25, 0.3) is 0 Å². The third-order valence-corrected chi connectivity index (χ3v) is 3.40. The maximum absolute atomic E-state index is 5.51. The first-order valence-electron chi connectivity index (χ1n) is 6.87. The van der Waals surface area contributed by atoms with Gasteiger partial charge < -0.3 is 10.1 Å². The third-order valence-electron chi connectivity index (χ3n) is 3.40. The first kappa shape index (κ1) is 12.1. The first-order valence-corrected chi connectivity index (χ1v) is 6.87. The van der Waals surface area contributed by atoms with Crippen LogP contribution >= 0.6 is 0 Å². The van der Waals surface area contributed by atoms with E-state index in [0.717, 1.165) is 44.0 Å². The molecule has 1 aromatic heterocycles. The molecular formula is C15H19N3O. The summed E-state index contributed by atoms with van der Waals surface area (Å²) in [5.41, 5.74) is 3.67. The van der Waals surface area contributed by atoms with E-state index in [9.17, 15) is 0 Å². The number of nitrogens with zero attached hydrogens (tertiary/aromatic N) is 2. The van der Waals surface area contributed by atoms with E-state index < -0.39 is 0 Å². The van der Waals surface area contributed by atoms with Crippen molar-refractivity contribution >= 4 is 5.69 Å². The van der Waals surface area contributed by atoms with E-state index in [-0.39, 0.29) is 0 Å². The quantitative estimate of drug-likeness (QED) is 0.895. The SMILES string of the molecule is CCCn1nccc1CNc1ccc2c(c1)CCO2. The first-order chi connectivity index (χ1) is 9.36. The summed E-state index contributed by atoms with van der Waals surface area (Å²) in [6.07, 6.45) is 3.98. The van der Waals surface area contributed by atoms with Gasteiger partial charge in [-0.1, -0.05) is 6.92 Å². The molecule has 3 rings (SSSR count). The van der Waals surface area contributed by atoms with Crippen molar-refractivity contribution in [3.63, 3.8) is 0 Å². The average Bonchev–Trinajstić information content (AvgIpc) is 3.05. The fourth-order valence-electron chi connectivity index (χ4n) is 2.41. The van der Waals surface area contributed by atoms with Crippen LogP contribution in [0.2, 0.25) is 0 Å². The normalized spacial score (nSPS) is 13.1. The number of hydrogen-bond donors (Lipinski definition) is 1. The molecule has 1 aliphatic heterocycles. The number of aryl methyl sites for hydroxylation is 1. The van der Waals surface area contributed by atoms with Crippen LogP contribution in [0.15, 0.2) is 30.5 Å². The van der Waals surface area contributed by atoms with Gasteiger partial charge in [0.2, 0.25) is 0 Å². The summed E-state index contributed by atoms with van der Waals surface area (Å²) in [5.74, 6) is 1.03. The zero-order valence-corrected chi connectivity index (χ0v) is 11.2. The molecule has 0 saturated heterocycles. The molecule has 0 saturated carbocycles. The van der Waals surface area contributed by atoms with Crippen LogP contribution in [-0.4, -0.2) is 16.4 Å². The minimum atomic E-state index is 0.805. The monoisotopic (exact) mass is 257 g/mol. The molecule has 4 heteroatoms. The van der Waals surface area contributed by atoms with Gasteiger partial charge in [0.05, 0.1) is 18.8 Å². The van der Waals surface area contributed by atoms with Crippen molar-refractivity contribution in [2.45, 2.75) is 32.9 Å². The van der Waals surface area contributed by atoms with Crippen molar-refractivity contribution in [1.29, 1.82) is 0 Å². The van der Waals surface area contributed by atoms with Crippen LogP contribution in [0.3, 0.4) is 0 Å². The summed E-state index contributed by atoms with van der Waals surface area (Å²) >= 11 is 0. The molecule has 1 N–H and O–H groups in total. The lowest BCUT2D eigenvalue weighted by Gasteiger charge is -2.10. The number of rotatable bonds is 5. The second kappa shape index (κ2) is 5.34. The van der Waals surface area contributed by atoms with Crippen LogP contribution in [0.5, 0.6) is 5.75 Å². The van der Waals surface area contributed by atoms with Crippen molar-refractivity contribution in [1.82, 2.24) is 9.78 Å². The second-order valence-electron chi connectivity index (χ2n) is 4.82. The van der Waals surface area contributed by atoms with Crippen molar-refractivity contribution in [3.05, 3.63) is 41.7 Å². The Morgan fingerprint density at radius 2 is 2.32 bits per heavy atom. The summed E-state index contributed by atoms with van der Waals surface area (Å²) in [6.45, 7) is 4.75. The Hall–Kier alpha value is -1.97. The van der Waals surface area contributed by atoms with Gasteiger partial charge in [0.1, 0.15) is 5.75 Å². The lowest BCUT2D eigenvalue weighted by molar-refractivity contribution is 0.357. The van der Waals surface area contributed by atoms with Crippen molar-refractivity contribution < 1.29 is 4.74 Å². The van der Waals surface area contributed by atoms with E-state index >= 15 is 0 Å². The van der Waals surface area contributed by atoms with Crippen molar-refractivity contribution in [3.8, 4) is 5.75 Å². The number of ether oxygens (including phenoxy) is 1. The van der Waals surface area contributed by atoms with E-state index in [1.807, 2.05) is 12.3 Å². The Labute approximate surface area is 113 Å². The maximum Gasteiger partial charge on any atom is 0.122 e. The van der Waals surface area contributed by atoms with Gasteiger partial charge in [-0.2, -0.15) is 5.10 Å². The smallest absolute Gasteiger partial charge is 0.122 e. The molecule has 2 heterocycles. The molecule has 0 spiro atoms. The number of fused-ring (bicyclic) bond motifs is 1. The predicted molar refractivity (Wildman–Crippen MR) is 75.5 cm³/mol. The Balaban J connectivity index is 1.67. The van der Waals surface area contributed by atoms with Gasteiger partial charge in [0.15, 0.2) is 0 Å². The molecule has 0 aliphatic carbocycles. The Morgan fingerprint density at radius 1 is 1.37 bits per heavy atom. The fraction of sp³-hybridized carbons (Fsp3) is 0.400. The molecule has 100 valence electrons. The summed E-state index contributed by atoms with van der Waals surface area (Å²) in [7, 11) is 0. The van der Waals surface area contributed by atoms with Crippen molar-refractivity contribution in [2.75, 3.05) is 11.9 Å². The average molecular weight is 257 g/mol. The van der Waals surface area contributed by atoms with Gasteiger partial charge >= 0.3 is 0 Å². The summed E-state index contributed by atoms with van der Waals surface area (Å²) < 4.78 is 7.57. The number of nitrogens with one attached hydrogen (secondary N) is 1. The summed E-state index contributed by atoms with van der Waals surface area (Å²) in [4.78, 5) is 0. The van der Waals surface area contributed by atoms with Gasteiger partial charge in [0, 0.05) is 24.8 Å². The maximum atomic E-state index is 5.51. The van der Waals surface area contributed by atoms with E-state index in [2.05, 4.69) is 40.2 Å². The lowest BCUT2D eigenvalue weighted by Crippen LogP contribution is -2.08. The lowest BCUT2D eigenvalue weighted by atomic mass is 10.1. The molecule has 0 unspecified atom stereocenters. The third kappa shape index (κ3) is 2.57. The Bertz CT molecular complexity index is 562. The molecule has 0 amide bonds. The number of aromatic nitrogens is 2. The molecule has 4 nitrogen and oxygen atoms in total. The van der Waals surface area contributed by atoms with E-state index in [0.29, 0.717) is 0 Å². The molecule has 1 aromatic carbocycles. The van der Waals surface area contributed by atoms with Crippen LogP contribution in [0.1, 0.15) is 24.6 Å². The molecule has 0 atom stereocenters. The number of benzene rings is 1. The molecule has 0 radical (unpaired) electrons. The van der Waals surface area contributed by atoms with Gasteiger partial charge in [-0.25, -0.2) is 0 Å². The van der Waals surface area contributed by atoms with E-state index in [1.54, 1.807) is 0 Å². The van der Waals surface area contributed by atoms with Crippen LogP contribution in [-0.2, 0) is 19.5 Å². The van der Waals surface area contributed by atoms with E-state index in [1.165, 1.54) is 11.3 Å². The topological polar surface area (TPSA) is 39.1 Å². The Morgan fingerprint density at radius 3 is 3.21 bits per heavy atom. The molecule has 0 bridgehead atoms. The number of anilines is 1. The van der Waals surface area contributed by atoms with Crippen LogP contribution in [0.4, 0.5) is 5.69 Å². The summed E-state index contributed by atoms with van der Waals surface area (Å²) in [6, 6.07) is 8.38. The molecule has 19 heavy (non-hydrogen) atoms. The van der Waals surface area contributed by atoms with E-state index in [4.69, 9.17) is 4.74 Å². The predicted octanol–water partition coefficient (Wildman–Crippen LogP) is 2.84. The van der Waals surface area contributed by atoms with Gasteiger partial charge in [-0.15, -0.1) is 0 Å². The van der Waals surface area contributed by atoms with Crippen molar-refractivity contribution in [2.24, 2.45) is 0 Å². The van der Waals surface area contributed by atoms with Crippen LogP contribution in [0, 0.1) is 0 Å². The zero-order chi connectivity index (χ0) is 13.1. The molecule has 2 aromatic rings. The van der Waals surface area contributed by atoms with Gasteiger partial charge in [0.25, 0.3) is 0 Å². The second-order valence-corrected chi connectivity index (χ2v) is 4.82. The summed E-state index contributed by atoms with van der Waals surface area (Å²) in [5, 5.41) is 7.79. The van der Waals surface area contributed by atoms with Gasteiger partial charge in [-0.3, -0.25) is 4.68 Å². The van der Waals surface area contributed by atoms with Crippen LogP contribution < -0.4 is 10.1 Å². The molecule has 1 aliphatic rings. The number of hydrogen-bond acceptors (Lipinski definition) is 3. The highest BCUT2D eigenvalue weighted by Crippen LogP contribution is 2.27. The Kier molecular flexibility index (Phi) is 3.40. The molecule has 0 fully saturated rings. The van der Waals surface area contributed by atoms with Gasteiger partial charge in [-0.05, 0) is 36.2 Å². The fourth-order valence-corrected chi connectivity index (χ4v) is 2.41. The highest BCUT2D eigenvalue weighted by molar-refractivity contribution is 5.52. The highest BCUT2D eigenvalue weighted by Gasteiger charge is 2.12. The largest absolute Gasteiger partial charge is 0.493 e.